The second-order valence-electron chi connectivity index (χ2n) is 5.20. The molecule has 1 fully saturated rings. The van der Waals surface area contributed by atoms with Gasteiger partial charge in [0.15, 0.2) is 17.5 Å². The number of nitrogen functional groups attached to an aromatic ring is 1. The lowest BCUT2D eigenvalue weighted by Gasteiger charge is -2.33. The molecular weight excluding hydrogens is 270 g/mol. The average molecular weight is 289 g/mol. The molecule has 8 heteroatoms. The molecule has 1 aliphatic rings. The molecule has 0 atom stereocenters. The summed E-state index contributed by atoms with van der Waals surface area (Å²) in [5.41, 5.74) is 6.73. The third-order valence-corrected chi connectivity index (χ3v) is 3.54. The maximum Gasteiger partial charge on any atom is 0.175 e. The first-order valence-corrected chi connectivity index (χ1v) is 6.88. The highest BCUT2D eigenvalue weighted by Gasteiger charge is 2.19. The van der Waals surface area contributed by atoms with E-state index < -0.39 is 0 Å². The van der Waals surface area contributed by atoms with E-state index in [0.717, 1.165) is 37.8 Å². The van der Waals surface area contributed by atoms with Gasteiger partial charge in [-0.25, -0.2) is 9.97 Å². The number of likely N-dealkylation sites (N-methyl/N-ethyl adjacent to an activating group) is 1. The van der Waals surface area contributed by atoms with Gasteiger partial charge in [-0.3, -0.25) is 0 Å². The van der Waals surface area contributed by atoms with E-state index in [0.29, 0.717) is 17.3 Å². The summed E-state index contributed by atoms with van der Waals surface area (Å²) in [7, 11) is 2.11. The molecule has 112 valence electrons. The van der Waals surface area contributed by atoms with E-state index in [1.165, 1.54) is 6.33 Å². The lowest BCUT2D eigenvalue weighted by molar-refractivity contribution is 0.312. The number of hydrogen-bond donors (Lipinski definition) is 2. The molecule has 8 nitrogen and oxygen atoms in total. The zero-order valence-corrected chi connectivity index (χ0v) is 12.2. The van der Waals surface area contributed by atoms with Crippen molar-refractivity contribution in [3.63, 3.8) is 0 Å². The van der Waals surface area contributed by atoms with Crippen LogP contribution in [0.25, 0.3) is 0 Å². The van der Waals surface area contributed by atoms with Gasteiger partial charge in [-0.1, -0.05) is 5.16 Å². The number of anilines is 4. The topological polar surface area (TPSA) is 96.3 Å². The summed E-state index contributed by atoms with van der Waals surface area (Å²) < 4.78 is 5.02. The molecule has 2 aromatic rings. The van der Waals surface area contributed by atoms with Crippen molar-refractivity contribution in [1.82, 2.24) is 20.0 Å². The Labute approximate surface area is 122 Å². The summed E-state index contributed by atoms with van der Waals surface area (Å²) in [5, 5.41) is 6.95. The fraction of sp³-hybridized carbons (Fsp3) is 0.462. The van der Waals surface area contributed by atoms with Crippen molar-refractivity contribution in [1.29, 1.82) is 0 Å². The van der Waals surface area contributed by atoms with Crippen molar-refractivity contribution in [2.24, 2.45) is 0 Å². The summed E-state index contributed by atoms with van der Waals surface area (Å²) in [4.78, 5) is 13.0. The van der Waals surface area contributed by atoms with Crippen LogP contribution in [0.5, 0.6) is 0 Å². The number of aryl methyl sites for hydroxylation is 1. The van der Waals surface area contributed by atoms with Crippen LogP contribution in [0.15, 0.2) is 16.9 Å². The zero-order valence-electron chi connectivity index (χ0n) is 12.2. The Morgan fingerprint density at radius 2 is 2.00 bits per heavy atom. The first-order valence-electron chi connectivity index (χ1n) is 6.88. The van der Waals surface area contributed by atoms with Gasteiger partial charge in [0, 0.05) is 32.2 Å². The Hall–Kier alpha value is -2.35. The van der Waals surface area contributed by atoms with Crippen molar-refractivity contribution < 1.29 is 4.52 Å². The molecule has 0 aliphatic carbocycles. The van der Waals surface area contributed by atoms with E-state index in [2.05, 4.69) is 37.3 Å². The van der Waals surface area contributed by atoms with E-state index in [4.69, 9.17) is 10.3 Å². The molecule has 0 amide bonds. The zero-order chi connectivity index (χ0) is 14.8. The molecule has 0 radical (unpaired) electrons. The van der Waals surface area contributed by atoms with Crippen molar-refractivity contribution in [2.75, 3.05) is 49.2 Å². The van der Waals surface area contributed by atoms with Crippen LogP contribution in [0.1, 0.15) is 5.76 Å². The van der Waals surface area contributed by atoms with Gasteiger partial charge < -0.3 is 25.4 Å². The lowest BCUT2D eigenvalue weighted by atomic mass is 10.3. The minimum atomic E-state index is 0.530. The fourth-order valence-electron chi connectivity index (χ4n) is 2.30. The maximum absolute atomic E-state index is 6.20. The summed E-state index contributed by atoms with van der Waals surface area (Å²) in [5.74, 6) is 2.62. The van der Waals surface area contributed by atoms with Crippen molar-refractivity contribution in [2.45, 2.75) is 6.92 Å². The number of nitrogens with zero attached hydrogens (tertiary/aromatic N) is 5. The highest BCUT2D eigenvalue weighted by atomic mass is 16.5. The highest BCUT2D eigenvalue weighted by molar-refractivity contribution is 5.77. The number of rotatable bonds is 3. The summed E-state index contributed by atoms with van der Waals surface area (Å²) in [6.45, 7) is 5.63. The molecule has 3 heterocycles. The monoisotopic (exact) mass is 289 g/mol. The van der Waals surface area contributed by atoms with E-state index in [-0.39, 0.29) is 0 Å². The first kappa shape index (κ1) is 13.6. The Bertz CT molecular complexity index is 619. The van der Waals surface area contributed by atoms with Gasteiger partial charge in [0.25, 0.3) is 0 Å². The fourth-order valence-corrected chi connectivity index (χ4v) is 2.30. The molecule has 3 rings (SSSR count). The summed E-state index contributed by atoms with van der Waals surface area (Å²) >= 11 is 0. The van der Waals surface area contributed by atoms with Crippen LogP contribution in [0, 0.1) is 6.92 Å². The molecule has 0 bridgehead atoms. The van der Waals surface area contributed by atoms with Crippen LogP contribution in [-0.2, 0) is 0 Å². The summed E-state index contributed by atoms with van der Waals surface area (Å²) in [6, 6.07) is 1.79. The molecule has 3 N–H and O–H groups in total. The van der Waals surface area contributed by atoms with Gasteiger partial charge in [0.05, 0.1) is 0 Å². The predicted molar refractivity (Wildman–Crippen MR) is 80.7 cm³/mol. The first-order chi connectivity index (χ1) is 10.1. The van der Waals surface area contributed by atoms with Gasteiger partial charge in [-0.05, 0) is 14.0 Å². The largest absolute Gasteiger partial charge is 0.393 e. The van der Waals surface area contributed by atoms with Gasteiger partial charge in [0.1, 0.15) is 17.8 Å². The molecule has 0 spiro atoms. The van der Waals surface area contributed by atoms with Crippen LogP contribution >= 0.6 is 0 Å². The second kappa shape index (κ2) is 5.57. The Balaban J connectivity index is 1.81. The maximum atomic E-state index is 6.20. The number of aromatic nitrogens is 3. The van der Waals surface area contributed by atoms with E-state index in [1.54, 1.807) is 6.07 Å². The van der Waals surface area contributed by atoms with Gasteiger partial charge >= 0.3 is 0 Å². The normalized spacial score (nSPS) is 16.2. The SMILES string of the molecule is Cc1cc(Nc2ncnc(N3CCN(C)CC3)c2N)no1. The Morgan fingerprint density at radius 1 is 1.24 bits per heavy atom. The quantitative estimate of drug-likeness (QED) is 0.858. The molecule has 0 aromatic carbocycles. The summed E-state index contributed by atoms with van der Waals surface area (Å²) in [6.07, 6.45) is 1.51. The number of piperazine rings is 1. The molecule has 21 heavy (non-hydrogen) atoms. The number of nitrogens with two attached hydrogens (primary N) is 1. The average Bonchev–Trinajstić information content (AvgIpc) is 2.88. The Kier molecular flexibility index (Phi) is 3.61. The van der Waals surface area contributed by atoms with Crippen LogP contribution in [0.3, 0.4) is 0 Å². The van der Waals surface area contributed by atoms with E-state index in [1.807, 2.05) is 6.92 Å². The molecule has 1 saturated heterocycles. The minimum Gasteiger partial charge on any atom is -0.393 e. The number of hydrogen-bond acceptors (Lipinski definition) is 8. The van der Waals surface area contributed by atoms with Crippen LogP contribution in [-0.4, -0.2) is 53.3 Å². The predicted octanol–water partition coefficient (Wildman–Crippen LogP) is 0.851. The van der Waals surface area contributed by atoms with Gasteiger partial charge in [-0.2, -0.15) is 0 Å². The molecule has 1 aliphatic heterocycles. The highest BCUT2D eigenvalue weighted by Crippen LogP contribution is 2.28. The molecule has 2 aromatic heterocycles. The van der Waals surface area contributed by atoms with Gasteiger partial charge in [-0.15, -0.1) is 0 Å². The van der Waals surface area contributed by atoms with Crippen LogP contribution in [0.2, 0.25) is 0 Å². The van der Waals surface area contributed by atoms with E-state index in [9.17, 15) is 0 Å². The van der Waals surface area contributed by atoms with Crippen LogP contribution in [0.4, 0.5) is 23.1 Å². The third-order valence-electron chi connectivity index (χ3n) is 3.54. The van der Waals surface area contributed by atoms with Crippen LogP contribution < -0.4 is 16.0 Å². The van der Waals surface area contributed by atoms with Gasteiger partial charge in [0.2, 0.25) is 0 Å². The van der Waals surface area contributed by atoms with Crippen molar-refractivity contribution >= 4 is 23.1 Å². The molecular formula is C13H19N7O. The number of nitrogens with one attached hydrogen (secondary N) is 1. The smallest absolute Gasteiger partial charge is 0.175 e. The van der Waals surface area contributed by atoms with Crippen molar-refractivity contribution in [3.05, 3.63) is 18.2 Å². The van der Waals surface area contributed by atoms with Crippen molar-refractivity contribution in [3.8, 4) is 0 Å². The third kappa shape index (κ3) is 2.89. The standard InChI is InChI=1S/C13H19N7O/c1-9-7-10(18-21-9)17-12-11(14)13(16-8-15-12)20-5-3-19(2)4-6-20/h7-8H,3-6,14H2,1-2H3,(H,15,16,17,18). The molecule has 0 unspecified atom stereocenters. The Morgan fingerprint density at radius 3 is 2.67 bits per heavy atom. The lowest BCUT2D eigenvalue weighted by Crippen LogP contribution is -2.45. The minimum absolute atomic E-state index is 0.530. The molecule has 0 saturated carbocycles. The van der Waals surface area contributed by atoms with E-state index >= 15 is 0 Å². The second-order valence-corrected chi connectivity index (χ2v) is 5.20.